The molecule has 5 heteroatoms. The smallest absolute Gasteiger partial charge is 0.410 e. The van der Waals surface area contributed by atoms with E-state index in [0.717, 1.165) is 32.4 Å². The number of likely N-dealkylation sites (tertiary alicyclic amines) is 1. The largest absolute Gasteiger partial charge is 0.444 e. The van der Waals surface area contributed by atoms with Crippen molar-refractivity contribution in [2.75, 3.05) is 26.2 Å². The van der Waals surface area contributed by atoms with E-state index >= 15 is 0 Å². The standard InChI is InChI=1S/C14H26N2O3/c1-14(2,3)19-13(18)16(11-4-5-11)12-6-7-15(10-12)8-9-17/h11-12,17H,4-10H2,1-3H3/t12-/m0/s1. The number of hydrogen-bond acceptors (Lipinski definition) is 4. The SMILES string of the molecule is CC(C)(C)OC(=O)N(C1CC1)[C@H]1CCN(CCO)C1. The molecular weight excluding hydrogens is 244 g/mol. The quantitative estimate of drug-likeness (QED) is 0.840. The molecule has 1 aliphatic carbocycles. The zero-order chi connectivity index (χ0) is 14.0. The molecule has 110 valence electrons. The molecule has 2 aliphatic rings. The molecule has 0 aromatic heterocycles. The molecule has 1 saturated heterocycles. The van der Waals surface area contributed by atoms with E-state index in [2.05, 4.69) is 4.90 Å². The Morgan fingerprint density at radius 1 is 1.32 bits per heavy atom. The van der Waals surface area contributed by atoms with E-state index in [4.69, 9.17) is 9.84 Å². The second-order valence-corrected chi connectivity index (χ2v) is 6.59. The fourth-order valence-corrected chi connectivity index (χ4v) is 2.65. The average molecular weight is 270 g/mol. The van der Waals surface area contributed by atoms with Gasteiger partial charge in [0.05, 0.1) is 6.61 Å². The van der Waals surface area contributed by atoms with Crippen LogP contribution in [-0.2, 0) is 4.74 Å². The third-order valence-electron chi connectivity index (χ3n) is 3.60. The highest BCUT2D eigenvalue weighted by molar-refractivity contribution is 5.69. The van der Waals surface area contributed by atoms with Gasteiger partial charge < -0.3 is 14.7 Å². The van der Waals surface area contributed by atoms with Crippen LogP contribution in [0.2, 0.25) is 0 Å². The van der Waals surface area contributed by atoms with Crippen LogP contribution in [0.5, 0.6) is 0 Å². The summed E-state index contributed by atoms with van der Waals surface area (Å²) in [7, 11) is 0. The van der Waals surface area contributed by atoms with Crippen molar-refractivity contribution in [2.45, 2.75) is 57.7 Å². The maximum absolute atomic E-state index is 12.3. The fraction of sp³-hybridized carbons (Fsp3) is 0.929. The number of carbonyl (C=O) groups is 1. The second-order valence-electron chi connectivity index (χ2n) is 6.59. The first-order valence-electron chi connectivity index (χ1n) is 7.25. The van der Waals surface area contributed by atoms with Crippen molar-refractivity contribution in [1.29, 1.82) is 0 Å². The number of hydrogen-bond donors (Lipinski definition) is 1. The molecule has 5 nitrogen and oxygen atoms in total. The lowest BCUT2D eigenvalue weighted by atomic mass is 10.2. The summed E-state index contributed by atoms with van der Waals surface area (Å²) < 4.78 is 5.53. The molecule has 1 atom stereocenters. The number of carbonyl (C=O) groups excluding carboxylic acids is 1. The van der Waals surface area contributed by atoms with Crippen molar-refractivity contribution in [3.63, 3.8) is 0 Å². The first-order valence-corrected chi connectivity index (χ1v) is 7.25. The summed E-state index contributed by atoms with van der Waals surface area (Å²) in [4.78, 5) is 16.5. The highest BCUT2D eigenvalue weighted by Crippen LogP contribution is 2.32. The van der Waals surface area contributed by atoms with Crippen LogP contribution in [0, 0.1) is 0 Å². The van der Waals surface area contributed by atoms with Gasteiger partial charge in [0.15, 0.2) is 0 Å². The van der Waals surface area contributed by atoms with Crippen molar-refractivity contribution < 1.29 is 14.6 Å². The van der Waals surface area contributed by atoms with Gasteiger partial charge in [-0.3, -0.25) is 4.90 Å². The van der Waals surface area contributed by atoms with Gasteiger partial charge in [-0.1, -0.05) is 0 Å². The third-order valence-corrected chi connectivity index (χ3v) is 3.60. The van der Waals surface area contributed by atoms with E-state index in [9.17, 15) is 4.79 Å². The number of aliphatic hydroxyl groups excluding tert-OH is 1. The van der Waals surface area contributed by atoms with Gasteiger partial charge in [-0.25, -0.2) is 4.79 Å². The molecule has 0 aromatic carbocycles. The van der Waals surface area contributed by atoms with Gasteiger partial charge in [-0.2, -0.15) is 0 Å². The Morgan fingerprint density at radius 2 is 2.00 bits per heavy atom. The Balaban J connectivity index is 1.95. The highest BCUT2D eigenvalue weighted by atomic mass is 16.6. The molecule has 0 radical (unpaired) electrons. The van der Waals surface area contributed by atoms with Crippen molar-refractivity contribution in [3.05, 3.63) is 0 Å². The summed E-state index contributed by atoms with van der Waals surface area (Å²) in [5.41, 5.74) is -0.437. The van der Waals surface area contributed by atoms with Gasteiger partial charge >= 0.3 is 6.09 Å². The van der Waals surface area contributed by atoms with Gasteiger partial charge in [0.25, 0.3) is 0 Å². The summed E-state index contributed by atoms with van der Waals surface area (Å²) in [6.07, 6.45) is 2.99. The van der Waals surface area contributed by atoms with Crippen LogP contribution in [-0.4, -0.2) is 64.9 Å². The van der Waals surface area contributed by atoms with Crippen LogP contribution >= 0.6 is 0 Å². The predicted molar refractivity (Wildman–Crippen MR) is 73.0 cm³/mol. The third kappa shape index (κ3) is 4.08. The molecule has 1 amide bonds. The monoisotopic (exact) mass is 270 g/mol. The lowest BCUT2D eigenvalue weighted by molar-refractivity contribution is 0.0146. The molecule has 2 rings (SSSR count). The van der Waals surface area contributed by atoms with E-state index in [1.54, 1.807) is 0 Å². The van der Waals surface area contributed by atoms with Crippen LogP contribution < -0.4 is 0 Å². The Labute approximate surface area is 115 Å². The van der Waals surface area contributed by atoms with Crippen LogP contribution in [0.3, 0.4) is 0 Å². The molecule has 2 fully saturated rings. The van der Waals surface area contributed by atoms with Gasteiger partial charge in [0, 0.05) is 31.7 Å². The molecule has 0 unspecified atom stereocenters. The van der Waals surface area contributed by atoms with E-state index in [1.165, 1.54) is 0 Å². The van der Waals surface area contributed by atoms with Crippen LogP contribution in [0.25, 0.3) is 0 Å². The lowest BCUT2D eigenvalue weighted by Crippen LogP contribution is -2.46. The van der Waals surface area contributed by atoms with Gasteiger partial charge in [0.1, 0.15) is 5.60 Å². The zero-order valence-corrected chi connectivity index (χ0v) is 12.3. The van der Waals surface area contributed by atoms with Crippen LogP contribution in [0.15, 0.2) is 0 Å². The first-order chi connectivity index (χ1) is 8.90. The van der Waals surface area contributed by atoms with Crippen molar-refractivity contribution in [3.8, 4) is 0 Å². The first kappa shape index (κ1) is 14.6. The van der Waals surface area contributed by atoms with E-state index in [-0.39, 0.29) is 18.7 Å². The minimum Gasteiger partial charge on any atom is -0.444 e. The predicted octanol–water partition coefficient (Wildman–Crippen LogP) is 1.45. The van der Waals surface area contributed by atoms with E-state index < -0.39 is 5.60 Å². The maximum atomic E-state index is 12.3. The molecule has 19 heavy (non-hydrogen) atoms. The second kappa shape index (κ2) is 5.67. The molecule has 1 saturated carbocycles. The number of aliphatic hydroxyl groups is 1. The van der Waals surface area contributed by atoms with E-state index in [0.29, 0.717) is 12.6 Å². The van der Waals surface area contributed by atoms with Crippen LogP contribution in [0.4, 0.5) is 4.79 Å². The van der Waals surface area contributed by atoms with Gasteiger partial charge in [0.2, 0.25) is 0 Å². The summed E-state index contributed by atoms with van der Waals surface area (Å²) >= 11 is 0. The minimum absolute atomic E-state index is 0.175. The van der Waals surface area contributed by atoms with Crippen molar-refractivity contribution in [2.24, 2.45) is 0 Å². The number of β-amino-alcohol motifs (C(OH)–C–C–N with tert-alkyl or cyclic N) is 1. The van der Waals surface area contributed by atoms with Gasteiger partial charge in [-0.15, -0.1) is 0 Å². The molecule has 1 heterocycles. The lowest BCUT2D eigenvalue weighted by Gasteiger charge is -2.31. The van der Waals surface area contributed by atoms with Crippen molar-refractivity contribution >= 4 is 6.09 Å². The molecule has 1 aliphatic heterocycles. The average Bonchev–Trinajstić information content (AvgIpc) is 2.98. The van der Waals surface area contributed by atoms with E-state index in [1.807, 2.05) is 25.7 Å². The Kier molecular flexibility index (Phi) is 4.36. The summed E-state index contributed by atoms with van der Waals surface area (Å²) in [5.74, 6) is 0. The van der Waals surface area contributed by atoms with Crippen LogP contribution in [0.1, 0.15) is 40.0 Å². The normalized spacial score (nSPS) is 24.5. The highest BCUT2D eigenvalue weighted by Gasteiger charge is 2.41. The number of rotatable bonds is 4. The molecule has 0 bridgehead atoms. The number of ether oxygens (including phenoxy) is 1. The summed E-state index contributed by atoms with van der Waals surface area (Å²) in [5, 5.41) is 8.99. The zero-order valence-electron chi connectivity index (χ0n) is 12.3. The fourth-order valence-electron chi connectivity index (χ4n) is 2.65. The number of amides is 1. The maximum Gasteiger partial charge on any atom is 0.410 e. The topological polar surface area (TPSA) is 53.0 Å². The minimum atomic E-state index is -0.437. The Morgan fingerprint density at radius 3 is 2.53 bits per heavy atom. The number of nitrogens with zero attached hydrogens (tertiary/aromatic N) is 2. The molecule has 1 N–H and O–H groups in total. The Bertz CT molecular complexity index is 323. The van der Waals surface area contributed by atoms with Crippen molar-refractivity contribution in [1.82, 2.24) is 9.80 Å². The Hall–Kier alpha value is -0.810. The molecule has 0 aromatic rings. The molecular formula is C14H26N2O3. The van der Waals surface area contributed by atoms with Gasteiger partial charge in [-0.05, 0) is 40.0 Å². The summed E-state index contributed by atoms with van der Waals surface area (Å²) in [6.45, 7) is 8.41. The summed E-state index contributed by atoms with van der Waals surface area (Å²) in [6, 6.07) is 0.614. The molecule has 0 spiro atoms.